The molecule has 0 amide bonds. The molecule has 0 aliphatic heterocycles. The Hall–Kier alpha value is -1.12. The number of hydrogen-bond acceptors (Lipinski definition) is 2. The van der Waals surface area contributed by atoms with Gasteiger partial charge in [-0.1, -0.05) is 30.7 Å². The molecule has 0 saturated heterocycles. The number of rotatable bonds is 4. The Bertz CT molecular complexity index is 499. The minimum absolute atomic E-state index is 0.978. The first-order valence-electron chi connectivity index (χ1n) is 6.07. The van der Waals surface area contributed by atoms with E-state index in [9.17, 15) is 0 Å². The monoisotopic (exact) mass is 245 g/mol. The molecule has 0 atom stereocenters. The number of hydrogen-bond donors (Lipinski definition) is 1. The molecule has 1 N–H and O–H groups in total. The zero-order chi connectivity index (χ0) is 12.3. The highest BCUT2D eigenvalue weighted by molar-refractivity contribution is 7.15. The maximum Gasteiger partial charge on any atom is 0.0348 e. The van der Waals surface area contributed by atoms with Gasteiger partial charge in [0.1, 0.15) is 0 Å². The van der Waals surface area contributed by atoms with Crippen molar-refractivity contribution in [1.29, 1.82) is 0 Å². The summed E-state index contributed by atoms with van der Waals surface area (Å²) in [6, 6.07) is 11.1. The molecule has 2 rings (SSSR count). The van der Waals surface area contributed by atoms with Crippen molar-refractivity contribution in [3.63, 3.8) is 0 Å². The quantitative estimate of drug-likeness (QED) is 0.853. The van der Waals surface area contributed by atoms with Crippen molar-refractivity contribution in [2.45, 2.75) is 27.3 Å². The van der Waals surface area contributed by atoms with Gasteiger partial charge in [0.2, 0.25) is 0 Å². The average Bonchev–Trinajstić information content (AvgIpc) is 2.75. The third-order valence-electron chi connectivity index (χ3n) is 2.86. The third-order valence-corrected chi connectivity index (χ3v) is 3.98. The fourth-order valence-corrected chi connectivity index (χ4v) is 3.02. The molecule has 1 heterocycles. The zero-order valence-corrected chi connectivity index (χ0v) is 11.5. The summed E-state index contributed by atoms with van der Waals surface area (Å²) < 4.78 is 0. The number of benzene rings is 1. The van der Waals surface area contributed by atoms with Crippen LogP contribution in [0.25, 0.3) is 10.4 Å². The Morgan fingerprint density at radius 2 is 1.94 bits per heavy atom. The number of thiophene rings is 1. The van der Waals surface area contributed by atoms with E-state index in [4.69, 9.17) is 0 Å². The van der Waals surface area contributed by atoms with Gasteiger partial charge in [-0.3, -0.25) is 0 Å². The van der Waals surface area contributed by atoms with E-state index in [-0.39, 0.29) is 0 Å². The van der Waals surface area contributed by atoms with Gasteiger partial charge in [0.25, 0.3) is 0 Å². The van der Waals surface area contributed by atoms with Gasteiger partial charge in [0.15, 0.2) is 0 Å². The highest BCUT2D eigenvalue weighted by Crippen LogP contribution is 2.30. The fraction of sp³-hybridized carbons (Fsp3) is 0.333. The van der Waals surface area contributed by atoms with E-state index < -0.39 is 0 Å². The van der Waals surface area contributed by atoms with Crippen LogP contribution in [0.3, 0.4) is 0 Å². The van der Waals surface area contributed by atoms with Crippen molar-refractivity contribution in [1.82, 2.24) is 5.32 Å². The van der Waals surface area contributed by atoms with Crippen LogP contribution in [0.1, 0.15) is 22.9 Å². The lowest BCUT2D eigenvalue weighted by Gasteiger charge is -2.04. The van der Waals surface area contributed by atoms with Crippen molar-refractivity contribution in [3.8, 4) is 10.4 Å². The van der Waals surface area contributed by atoms with Gasteiger partial charge < -0.3 is 5.32 Å². The summed E-state index contributed by atoms with van der Waals surface area (Å²) in [7, 11) is 0. The van der Waals surface area contributed by atoms with Crippen molar-refractivity contribution >= 4 is 11.3 Å². The van der Waals surface area contributed by atoms with Gasteiger partial charge in [0, 0.05) is 16.3 Å². The average molecular weight is 245 g/mol. The Balaban J connectivity index is 2.24. The summed E-state index contributed by atoms with van der Waals surface area (Å²) in [6.45, 7) is 8.47. The van der Waals surface area contributed by atoms with Crippen LogP contribution in [-0.2, 0) is 6.54 Å². The normalized spacial score (nSPS) is 10.8. The largest absolute Gasteiger partial charge is 0.312 e. The molecule has 1 nitrogen and oxygen atoms in total. The van der Waals surface area contributed by atoms with Gasteiger partial charge in [0.05, 0.1) is 0 Å². The minimum atomic E-state index is 0.978. The Labute approximate surface area is 108 Å². The van der Waals surface area contributed by atoms with Crippen molar-refractivity contribution in [2.75, 3.05) is 6.54 Å². The minimum Gasteiger partial charge on any atom is -0.312 e. The lowest BCUT2D eigenvalue weighted by atomic mass is 10.0. The molecule has 2 heteroatoms. The van der Waals surface area contributed by atoms with Crippen LogP contribution in [0.2, 0.25) is 0 Å². The van der Waals surface area contributed by atoms with Crippen LogP contribution in [0.15, 0.2) is 30.3 Å². The van der Waals surface area contributed by atoms with E-state index in [0.29, 0.717) is 0 Å². The number of aryl methyl sites for hydroxylation is 2. The molecule has 90 valence electrons. The van der Waals surface area contributed by atoms with Crippen LogP contribution in [-0.4, -0.2) is 6.54 Å². The molecule has 0 spiro atoms. The van der Waals surface area contributed by atoms with E-state index in [0.717, 1.165) is 13.1 Å². The lowest BCUT2D eigenvalue weighted by Crippen LogP contribution is -2.10. The first-order valence-corrected chi connectivity index (χ1v) is 6.89. The highest BCUT2D eigenvalue weighted by atomic mass is 32.1. The van der Waals surface area contributed by atoms with Gasteiger partial charge >= 0.3 is 0 Å². The molecule has 0 unspecified atom stereocenters. The summed E-state index contributed by atoms with van der Waals surface area (Å²) in [5.74, 6) is 0. The van der Waals surface area contributed by atoms with E-state index in [1.165, 1.54) is 26.4 Å². The smallest absolute Gasteiger partial charge is 0.0348 e. The zero-order valence-electron chi connectivity index (χ0n) is 10.7. The van der Waals surface area contributed by atoms with Crippen LogP contribution >= 0.6 is 11.3 Å². The second-order valence-electron chi connectivity index (χ2n) is 4.36. The lowest BCUT2D eigenvalue weighted by molar-refractivity contribution is 0.735. The van der Waals surface area contributed by atoms with E-state index in [2.05, 4.69) is 56.4 Å². The molecule has 1 aromatic heterocycles. The van der Waals surface area contributed by atoms with Crippen molar-refractivity contribution < 1.29 is 0 Å². The Kier molecular flexibility index (Phi) is 3.97. The molecule has 0 radical (unpaired) electrons. The first-order chi connectivity index (χ1) is 8.20. The second-order valence-corrected chi connectivity index (χ2v) is 5.53. The maximum atomic E-state index is 3.36. The van der Waals surface area contributed by atoms with Gasteiger partial charge in [-0.15, -0.1) is 11.3 Å². The molecule has 2 aromatic rings. The van der Waals surface area contributed by atoms with Gasteiger partial charge in [-0.25, -0.2) is 0 Å². The molecule has 0 saturated carbocycles. The van der Waals surface area contributed by atoms with E-state index in [1.807, 2.05) is 11.3 Å². The molecule has 0 aliphatic carbocycles. The maximum absolute atomic E-state index is 3.36. The summed E-state index contributed by atoms with van der Waals surface area (Å²) in [6.07, 6.45) is 0. The SMILES string of the molecule is CCNCc1ccc(-c2ccc(C)cc2C)s1. The first kappa shape index (κ1) is 12.3. The van der Waals surface area contributed by atoms with Crippen LogP contribution in [0, 0.1) is 13.8 Å². The molecular weight excluding hydrogens is 226 g/mol. The van der Waals surface area contributed by atoms with Crippen LogP contribution < -0.4 is 5.32 Å². The highest BCUT2D eigenvalue weighted by Gasteiger charge is 2.05. The van der Waals surface area contributed by atoms with Gasteiger partial charge in [-0.2, -0.15) is 0 Å². The number of nitrogens with one attached hydrogen (secondary N) is 1. The summed E-state index contributed by atoms with van der Waals surface area (Å²) in [5, 5.41) is 3.36. The Morgan fingerprint density at radius 3 is 2.65 bits per heavy atom. The predicted octanol–water partition coefficient (Wildman–Crippen LogP) is 4.14. The molecule has 17 heavy (non-hydrogen) atoms. The third kappa shape index (κ3) is 2.96. The van der Waals surface area contributed by atoms with Gasteiger partial charge in [-0.05, 0) is 43.7 Å². The predicted molar refractivity (Wildman–Crippen MR) is 76.6 cm³/mol. The summed E-state index contributed by atoms with van der Waals surface area (Å²) >= 11 is 1.88. The molecule has 1 aromatic carbocycles. The molecular formula is C15H19NS. The van der Waals surface area contributed by atoms with E-state index in [1.54, 1.807) is 0 Å². The van der Waals surface area contributed by atoms with Crippen LogP contribution in [0.4, 0.5) is 0 Å². The van der Waals surface area contributed by atoms with Crippen molar-refractivity contribution in [2.24, 2.45) is 0 Å². The summed E-state index contributed by atoms with van der Waals surface area (Å²) in [4.78, 5) is 2.78. The van der Waals surface area contributed by atoms with E-state index >= 15 is 0 Å². The van der Waals surface area contributed by atoms with Crippen LogP contribution in [0.5, 0.6) is 0 Å². The molecule has 0 aliphatic rings. The standard InChI is InChI=1S/C15H19NS/c1-4-16-10-13-6-8-15(17-13)14-7-5-11(2)9-12(14)3/h5-9,16H,4,10H2,1-3H3. The molecule has 0 fully saturated rings. The van der Waals surface area contributed by atoms with Crippen molar-refractivity contribution in [3.05, 3.63) is 46.3 Å². The second kappa shape index (κ2) is 5.48. The Morgan fingerprint density at radius 1 is 1.12 bits per heavy atom. The topological polar surface area (TPSA) is 12.0 Å². The fourth-order valence-electron chi connectivity index (χ4n) is 1.96. The summed E-state index contributed by atoms with van der Waals surface area (Å²) in [5.41, 5.74) is 4.06. The molecule has 0 bridgehead atoms.